The smallest absolute Gasteiger partial charge is 0.411 e. The highest BCUT2D eigenvalue weighted by molar-refractivity contribution is 14.1. The molecule has 0 saturated carbocycles. The van der Waals surface area contributed by atoms with Gasteiger partial charge in [-0.05, 0) is 41.6 Å². The molecular formula is C13H14INO3. The van der Waals surface area contributed by atoms with E-state index in [1.54, 1.807) is 6.92 Å². The van der Waals surface area contributed by atoms with Gasteiger partial charge in [-0.15, -0.1) is 0 Å². The van der Waals surface area contributed by atoms with Crippen LogP contribution in [0.25, 0.3) is 5.76 Å². The van der Waals surface area contributed by atoms with Crippen molar-refractivity contribution in [3.63, 3.8) is 0 Å². The zero-order valence-corrected chi connectivity index (χ0v) is 12.2. The SMILES string of the molecule is CCOC(=O)Nc1ccccc1C1=C(I)CCO1. The third-order valence-electron chi connectivity index (χ3n) is 2.50. The normalized spacial score (nSPS) is 14.3. The fourth-order valence-corrected chi connectivity index (χ4v) is 2.39. The molecule has 0 unspecified atom stereocenters. The molecule has 2 rings (SSSR count). The summed E-state index contributed by atoms with van der Waals surface area (Å²) in [6.07, 6.45) is 0.474. The number of benzene rings is 1. The molecule has 0 fully saturated rings. The van der Waals surface area contributed by atoms with Gasteiger partial charge in [-0.3, -0.25) is 5.32 Å². The average molecular weight is 359 g/mol. The highest BCUT2D eigenvalue weighted by Gasteiger charge is 2.19. The topological polar surface area (TPSA) is 47.6 Å². The second-order valence-electron chi connectivity index (χ2n) is 3.72. The van der Waals surface area contributed by atoms with Crippen LogP contribution in [-0.4, -0.2) is 19.3 Å². The fourth-order valence-electron chi connectivity index (χ4n) is 1.73. The number of rotatable bonds is 3. The molecule has 4 nitrogen and oxygen atoms in total. The van der Waals surface area contributed by atoms with E-state index in [0.717, 1.165) is 17.7 Å². The van der Waals surface area contributed by atoms with Gasteiger partial charge in [-0.1, -0.05) is 12.1 Å². The van der Waals surface area contributed by atoms with Crippen molar-refractivity contribution in [3.8, 4) is 0 Å². The first-order chi connectivity index (χ1) is 8.72. The Morgan fingerprint density at radius 1 is 1.50 bits per heavy atom. The van der Waals surface area contributed by atoms with Gasteiger partial charge in [0.25, 0.3) is 0 Å². The van der Waals surface area contributed by atoms with Crippen molar-refractivity contribution in [2.24, 2.45) is 0 Å². The van der Waals surface area contributed by atoms with Crippen molar-refractivity contribution >= 4 is 40.1 Å². The summed E-state index contributed by atoms with van der Waals surface area (Å²) >= 11 is 2.28. The lowest BCUT2D eigenvalue weighted by Gasteiger charge is -2.12. The van der Waals surface area contributed by atoms with E-state index >= 15 is 0 Å². The van der Waals surface area contributed by atoms with E-state index in [1.165, 1.54) is 3.58 Å². The predicted molar refractivity (Wildman–Crippen MR) is 78.6 cm³/mol. The number of anilines is 1. The Hall–Kier alpha value is -1.24. The third-order valence-corrected chi connectivity index (χ3v) is 3.53. The Morgan fingerprint density at radius 2 is 2.28 bits per heavy atom. The lowest BCUT2D eigenvalue weighted by molar-refractivity contribution is 0.168. The van der Waals surface area contributed by atoms with Crippen LogP contribution in [0.1, 0.15) is 18.9 Å². The minimum Gasteiger partial charge on any atom is -0.492 e. The zero-order valence-electron chi connectivity index (χ0n) is 10.0. The molecule has 1 aliphatic heterocycles. The molecule has 18 heavy (non-hydrogen) atoms. The van der Waals surface area contributed by atoms with E-state index in [-0.39, 0.29) is 0 Å². The second-order valence-corrected chi connectivity index (χ2v) is 5.03. The number of amides is 1. The van der Waals surface area contributed by atoms with Crippen molar-refractivity contribution in [2.45, 2.75) is 13.3 Å². The molecule has 1 aliphatic rings. The van der Waals surface area contributed by atoms with Crippen LogP contribution >= 0.6 is 22.6 Å². The monoisotopic (exact) mass is 359 g/mol. The molecule has 1 aromatic rings. The minimum atomic E-state index is -0.446. The first-order valence-electron chi connectivity index (χ1n) is 5.77. The van der Waals surface area contributed by atoms with Gasteiger partial charge in [0.15, 0.2) is 0 Å². The number of hydrogen-bond donors (Lipinski definition) is 1. The van der Waals surface area contributed by atoms with Crippen LogP contribution in [0, 0.1) is 0 Å². The molecule has 0 saturated heterocycles. The number of hydrogen-bond acceptors (Lipinski definition) is 3. The van der Waals surface area contributed by atoms with E-state index in [2.05, 4.69) is 27.9 Å². The summed E-state index contributed by atoms with van der Waals surface area (Å²) < 4.78 is 11.7. The summed E-state index contributed by atoms with van der Waals surface area (Å²) in [6, 6.07) is 7.56. The molecule has 1 heterocycles. The van der Waals surface area contributed by atoms with Crippen LogP contribution in [0.3, 0.4) is 0 Å². The predicted octanol–water partition coefficient (Wildman–Crippen LogP) is 3.78. The zero-order chi connectivity index (χ0) is 13.0. The van der Waals surface area contributed by atoms with Crippen molar-refractivity contribution in [2.75, 3.05) is 18.5 Å². The minimum absolute atomic E-state index is 0.352. The van der Waals surface area contributed by atoms with Gasteiger partial charge in [0, 0.05) is 15.6 Å². The van der Waals surface area contributed by atoms with Gasteiger partial charge in [-0.25, -0.2) is 4.79 Å². The molecule has 5 heteroatoms. The second kappa shape index (κ2) is 6.08. The molecule has 1 aromatic carbocycles. The Balaban J connectivity index is 2.26. The van der Waals surface area contributed by atoms with E-state index < -0.39 is 6.09 Å². The molecule has 0 radical (unpaired) electrons. The molecular weight excluding hydrogens is 345 g/mol. The molecule has 0 aliphatic carbocycles. The molecule has 0 spiro atoms. The van der Waals surface area contributed by atoms with E-state index in [0.29, 0.717) is 18.9 Å². The van der Waals surface area contributed by atoms with E-state index in [4.69, 9.17) is 9.47 Å². The van der Waals surface area contributed by atoms with Crippen LogP contribution in [0.15, 0.2) is 27.8 Å². The van der Waals surface area contributed by atoms with E-state index in [1.807, 2.05) is 24.3 Å². The average Bonchev–Trinajstić information content (AvgIpc) is 2.76. The quantitative estimate of drug-likeness (QED) is 0.836. The summed E-state index contributed by atoms with van der Waals surface area (Å²) in [4.78, 5) is 11.5. The van der Waals surface area contributed by atoms with Gasteiger partial charge in [0.2, 0.25) is 0 Å². The number of carbonyl (C=O) groups excluding carboxylic acids is 1. The van der Waals surface area contributed by atoms with Crippen molar-refractivity contribution in [1.82, 2.24) is 0 Å². The van der Waals surface area contributed by atoms with Crippen LogP contribution in [-0.2, 0) is 9.47 Å². The Kier molecular flexibility index (Phi) is 4.46. The Bertz CT molecular complexity index is 485. The summed E-state index contributed by atoms with van der Waals surface area (Å²) in [6.45, 7) is 2.82. The van der Waals surface area contributed by atoms with Crippen LogP contribution in [0.5, 0.6) is 0 Å². The maximum atomic E-state index is 11.5. The number of nitrogens with one attached hydrogen (secondary N) is 1. The standard InChI is InChI=1S/C13H14INO3/c1-2-17-13(16)15-11-6-4-3-5-9(11)12-10(14)7-8-18-12/h3-6H,2,7-8H2,1H3,(H,15,16). The number of carbonyl (C=O) groups is 1. The van der Waals surface area contributed by atoms with Crippen LogP contribution < -0.4 is 5.32 Å². The summed E-state index contributed by atoms with van der Waals surface area (Å²) in [5.74, 6) is 0.850. The summed E-state index contributed by atoms with van der Waals surface area (Å²) in [5, 5.41) is 2.73. The molecule has 96 valence electrons. The maximum absolute atomic E-state index is 11.5. The van der Waals surface area contributed by atoms with Gasteiger partial charge >= 0.3 is 6.09 Å². The fraction of sp³-hybridized carbons (Fsp3) is 0.308. The van der Waals surface area contributed by atoms with Crippen molar-refractivity contribution < 1.29 is 14.3 Å². The summed E-state index contributed by atoms with van der Waals surface area (Å²) in [7, 11) is 0. The lowest BCUT2D eigenvalue weighted by atomic mass is 10.1. The molecule has 0 bridgehead atoms. The largest absolute Gasteiger partial charge is 0.492 e. The highest BCUT2D eigenvalue weighted by atomic mass is 127. The third kappa shape index (κ3) is 2.95. The lowest BCUT2D eigenvalue weighted by Crippen LogP contribution is -2.14. The molecule has 0 atom stereocenters. The first kappa shape index (κ1) is 13.2. The maximum Gasteiger partial charge on any atom is 0.411 e. The van der Waals surface area contributed by atoms with Gasteiger partial charge in [0.1, 0.15) is 5.76 Å². The van der Waals surface area contributed by atoms with Gasteiger partial charge < -0.3 is 9.47 Å². The van der Waals surface area contributed by atoms with E-state index in [9.17, 15) is 4.79 Å². The number of ether oxygens (including phenoxy) is 2. The van der Waals surface area contributed by atoms with Crippen molar-refractivity contribution in [1.29, 1.82) is 0 Å². The van der Waals surface area contributed by atoms with Gasteiger partial charge in [0.05, 0.1) is 18.9 Å². The van der Waals surface area contributed by atoms with Gasteiger partial charge in [-0.2, -0.15) is 0 Å². The summed E-state index contributed by atoms with van der Waals surface area (Å²) in [5.41, 5.74) is 1.61. The van der Waals surface area contributed by atoms with Crippen LogP contribution in [0.4, 0.5) is 10.5 Å². The Labute approximate surface area is 119 Å². The highest BCUT2D eigenvalue weighted by Crippen LogP contribution is 2.35. The molecule has 1 amide bonds. The first-order valence-corrected chi connectivity index (χ1v) is 6.85. The number of para-hydroxylation sites is 1. The Morgan fingerprint density at radius 3 is 2.94 bits per heavy atom. The molecule has 0 aromatic heterocycles. The number of halogens is 1. The molecule has 1 N–H and O–H groups in total. The van der Waals surface area contributed by atoms with Crippen LogP contribution in [0.2, 0.25) is 0 Å². The van der Waals surface area contributed by atoms with Crippen molar-refractivity contribution in [3.05, 3.63) is 33.4 Å².